The summed E-state index contributed by atoms with van der Waals surface area (Å²) in [5.41, 5.74) is 4.12. The number of aromatic carboxylic acids is 1. The van der Waals surface area contributed by atoms with Crippen LogP contribution in [-0.2, 0) is 0 Å². The topological polar surface area (TPSA) is 63.3 Å². The highest BCUT2D eigenvalue weighted by molar-refractivity contribution is 6.33. The van der Waals surface area contributed by atoms with E-state index < -0.39 is 18.0 Å². The van der Waals surface area contributed by atoms with Gasteiger partial charge in [0.2, 0.25) is 0 Å². The third-order valence-electron chi connectivity index (χ3n) is 1.64. The Morgan fingerprint density at radius 2 is 2.07 bits per heavy atom. The molecule has 0 heterocycles. The van der Waals surface area contributed by atoms with E-state index in [1.807, 2.05) is 0 Å². The van der Waals surface area contributed by atoms with E-state index in [4.69, 9.17) is 22.4 Å². The minimum atomic E-state index is -2.81. The van der Waals surface area contributed by atoms with Gasteiger partial charge >= 0.3 is 5.97 Å². The molecule has 0 radical (unpaired) electrons. The summed E-state index contributed by atoms with van der Waals surface area (Å²) >= 11 is 5.50. The molecule has 0 saturated heterocycles. The number of hydrogen-bond acceptors (Lipinski definition) is 2. The van der Waals surface area contributed by atoms with Crippen LogP contribution < -0.4 is 5.73 Å². The fourth-order valence-electron chi connectivity index (χ4n) is 0.958. The Labute approximate surface area is 83.1 Å². The van der Waals surface area contributed by atoms with Gasteiger partial charge < -0.3 is 10.8 Å². The first-order valence-corrected chi connectivity index (χ1v) is 3.91. The molecule has 3 nitrogen and oxygen atoms in total. The van der Waals surface area contributed by atoms with Gasteiger partial charge in [-0.1, -0.05) is 11.6 Å². The summed E-state index contributed by atoms with van der Waals surface area (Å²) in [5, 5.41) is 8.44. The van der Waals surface area contributed by atoms with Crippen molar-refractivity contribution in [1.29, 1.82) is 0 Å². The molecule has 0 amide bonds. The largest absolute Gasteiger partial charge is 0.478 e. The number of halogens is 3. The smallest absolute Gasteiger partial charge is 0.337 e. The van der Waals surface area contributed by atoms with Crippen LogP contribution in [0.3, 0.4) is 0 Å². The zero-order valence-corrected chi connectivity index (χ0v) is 7.55. The van der Waals surface area contributed by atoms with Crippen LogP contribution in [0.2, 0.25) is 5.02 Å². The maximum absolute atomic E-state index is 12.3. The van der Waals surface area contributed by atoms with Gasteiger partial charge in [-0.15, -0.1) is 0 Å². The second-order valence-corrected chi connectivity index (χ2v) is 2.97. The minimum Gasteiger partial charge on any atom is -0.478 e. The summed E-state index contributed by atoms with van der Waals surface area (Å²) in [6, 6.07) is 1.79. The molecule has 0 saturated carbocycles. The molecule has 0 aliphatic heterocycles. The standard InChI is InChI=1S/C8H6ClF2NO2/c9-5-2-6(12)4(7(10)11)1-3(5)8(13)14/h1-2,7H,12H2,(H,13,14). The van der Waals surface area contributed by atoms with E-state index in [0.29, 0.717) is 0 Å². The van der Waals surface area contributed by atoms with Gasteiger partial charge in [-0.25, -0.2) is 13.6 Å². The molecule has 76 valence electrons. The van der Waals surface area contributed by atoms with E-state index in [1.165, 1.54) is 0 Å². The SMILES string of the molecule is Nc1cc(Cl)c(C(=O)O)cc1C(F)F. The first-order valence-electron chi connectivity index (χ1n) is 3.54. The number of carboxylic acids is 1. The third kappa shape index (κ3) is 1.93. The van der Waals surface area contributed by atoms with E-state index >= 15 is 0 Å². The highest BCUT2D eigenvalue weighted by Gasteiger charge is 2.17. The van der Waals surface area contributed by atoms with Crippen LogP contribution in [0.1, 0.15) is 22.3 Å². The number of carboxylic acid groups (broad SMARTS) is 1. The second kappa shape index (κ2) is 3.79. The normalized spacial score (nSPS) is 10.6. The quantitative estimate of drug-likeness (QED) is 0.755. The van der Waals surface area contributed by atoms with Crippen molar-refractivity contribution in [3.8, 4) is 0 Å². The van der Waals surface area contributed by atoms with Crippen LogP contribution in [-0.4, -0.2) is 11.1 Å². The van der Waals surface area contributed by atoms with E-state index in [2.05, 4.69) is 0 Å². The van der Waals surface area contributed by atoms with Crippen molar-refractivity contribution in [2.45, 2.75) is 6.43 Å². The second-order valence-electron chi connectivity index (χ2n) is 2.57. The molecule has 3 N–H and O–H groups in total. The molecule has 0 bridgehead atoms. The molecule has 1 rings (SSSR count). The van der Waals surface area contributed by atoms with Gasteiger partial charge in [-0.2, -0.15) is 0 Å². The van der Waals surface area contributed by atoms with Gasteiger partial charge in [0.15, 0.2) is 0 Å². The zero-order valence-electron chi connectivity index (χ0n) is 6.80. The Balaban J connectivity index is 3.34. The monoisotopic (exact) mass is 221 g/mol. The lowest BCUT2D eigenvalue weighted by atomic mass is 10.1. The van der Waals surface area contributed by atoms with E-state index in [0.717, 1.165) is 12.1 Å². The van der Waals surface area contributed by atoms with Gasteiger partial charge in [0.05, 0.1) is 10.6 Å². The molecule has 1 aromatic carbocycles. The number of nitrogen functional groups attached to an aromatic ring is 1. The summed E-state index contributed by atoms with van der Waals surface area (Å²) in [6.07, 6.45) is -2.81. The number of nitrogens with two attached hydrogens (primary N) is 1. The number of carbonyl (C=O) groups is 1. The maximum Gasteiger partial charge on any atom is 0.337 e. The Morgan fingerprint density at radius 3 is 2.50 bits per heavy atom. The average molecular weight is 222 g/mol. The molecule has 14 heavy (non-hydrogen) atoms. The van der Waals surface area contributed by atoms with Crippen LogP contribution in [0.15, 0.2) is 12.1 Å². The van der Waals surface area contributed by atoms with Gasteiger partial charge in [0.1, 0.15) is 0 Å². The van der Waals surface area contributed by atoms with E-state index in [9.17, 15) is 13.6 Å². The minimum absolute atomic E-state index is 0.153. The molecule has 0 aromatic heterocycles. The van der Waals surface area contributed by atoms with Crippen LogP contribution in [0.5, 0.6) is 0 Å². The molecule has 0 atom stereocenters. The van der Waals surface area contributed by atoms with Gasteiger partial charge in [0.25, 0.3) is 6.43 Å². The van der Waals surface area contributed by atoms with Crippen molar-refractivity contribution >= 4 is 23.3 Å². The third-order valence-corrected chi connectivity index (χ3v) is 1.95. The van der Waals surface area contributed by atoms with Crippen LogP contribution in [0, 0.1) is 0 Å². The first kappa shape index (κ1) is 10.7. The molecular formula is C8H6ClF2NO2. The highest BCUT2D eigenvalue weighted by atomic mass is 35.5. The summed E-state index contributed by atoms with van der Waals surface area (Å²) in [5.74, 6) is -1.36. The highest BCUT2D eigenvalue weighted by Crippen LogP contribution is 2.30. The zero-order chi connectivity index (χ0) is 10.9. The predicted molar refractivity (Wildman–Crippen MR) is 47.8 cm³/mol. The van der Waals surface area contributed by atoms with Crippen molar-refractivity contribution in [2.24, 2.45) is 0 Å². The fraction of sp³-hybridized carbons (Fsp3) is 0.125. The van der Waals surface area contributed by atoms with Crippen molar-refractivity contribution < 1.29 is 18.7 Å². The number of anilines is 1. The maximum atomic E-state index is 12.3. The summed E-state index contributed by atoms with van der Waals surface area (Å²) in [7, 11) is 0. The molecule has 0 aliphatic rings. The van der Waals surface area contributed by atoms with Gasteiger partial charge in [-0.3, -0.25) is 0 Å². The fourth-order valence-corrected chi connectivity index (χ4v) is 1.21. The van der Waals surface area contributed by atoms with Gasteiger partial charge in [-0.05, 0) is 12.1 Å². The van der Waals surface area contributed by atoms with E-state index in [-0.39, 0.29) is 16.3 Å². The predicted octanol–water partition coefficient (Wildman–Crippen LogP) is 2.56. The first-order chi connectivity index (χ1) is 6.43. The lowest BCUT2D eigenvalue weighted by Crippen LogP contribution is -2.02. The Kier molecular flexibility index (Phi) is 2.90. The lowest BCUT2D eigenvalue weighted by molar-refractivity contribution is 0.0696. The molecule has 1 aromatic rings. The summed E-state index contributed by atoms with van der Waals surface area (Å²) in [6.45, 7) is 0. The lowest BCUT2D eigenvalue weighted by Gasteiger charge is -2.07. The molecule has 0 aliphatic carbocycles. The van der Waals surface area contributed by atoms with Crippen molar-refractivity contribution in [2.75, 3.05) is 5.73 Å². The number of hydrogen-bond donors (Lipinski definition) is 2. The number of benzene rings is 1. The molecule has 0 unspecified atom stereocenters. The van der Waals surface area contributed by atoms with Crippen LogP contribution >= 0.6 is 11.6 Å². The molecule has 0 fully saturated rings. The van der Waals surface area contributed by atoms with Crippen LogP contribution in [0.4, 0.5) is 14.5 Å². The molecular weight excluding hydrogens is 216 g/mol. The summed E-state index contributed by atoms with van der Waals surface area (Å²) < 4.78 is 24.6. The Morgan fingerprint density at radius 1 is 1.50 bits per heavy atom. The van der Waals surface area contributed by atoms with Crippen molar-refractivity contribution in [3.63, 3.8) is 0 Å². The summed E-state index contributed by atoms with van der Waals surface area (Å²) in [4.78, 5) is 10.5. The van der Waals surface area contributed by atoms with Gasteiger partial charge in [0, 0.05) is 11.3 Å². The van der Waals surface area contributed by atoms with Crippen LogP contribution in [0.25, 0.3) is 0 Å². The molecule has 0 spiro atoms. The van der Waals surface area contributed by atoms with E-state index in [1.54, 1.807) is 0 Å². The molecule has 6 heteroatoms. The number of alkyl halides is 2. The number of rotatable bonds is 2. The van der Waals surface area contributed by atoms with Crippen molar-refractivity contribution in [3.05, 3.63) is 28.3 Å². The Bertz CT molecular complexity index is 382. The average Bonchev–Trinajstić information content (AvgIpc) is 2.02. The Hall–Kier alpha value is -1.36. The van der Waals surface area contributed by atoms with Crippen molar-refractivity contribution in [1.82, 2.24) is 0 Å².